The Kier molecular flexibility index (Phi) is 4.51. The van der Waals surface area contributed by atoms with Crippen LogP contribution < -0.4 is 11.1 Å². The number of hydrogen-bond donors (Lipinski definition) is 3. The van der Waals surface area contributed by atoms with Crippen LogP contribution in [0.2, 0.25) is 0 Å². The van der Waals surface area contributed by atoms with Crippen LogP contribution in [-0.4, -0.2) is 29.6 Å². The lowest BCUT2D eigenvalue weighted by molar-refractivity contribution is -0.147. The van der Waals surface area contributed by atoms with Crippen molar-refractivity contribution in [3.05, 3.63) is 0 Å². The van der Waals surface area contributed by atoms with Crippen LogP contribution in [0, 0.1) is 11.3 Å². The van der Waals surface area contributed by atoms with E-state index in [1.165, 1.54) is 0 Å². The monoisotopic (exact) mass is 242 g/mol. The fraction of sp³-hybridized carbons (Fsp3) is 0.833. The lowest BCUT2D eigenvalue weighted by Crippen LogP contribution is -2.35. The van der Waals surface area contributed by atoms with Crippen LogP contribution in [-0.2, 0) is 9.59 Å². The largest absolute Gasteiger partial charge is 0.481 e. The summed E-state index contributed by atoms with van der Waals surface area (Å²) in [5.41, 5.74) is 5.03. The Morgan fingerprint density at radius 3 is 2.53 bits per heavy atom. The van der Waals surface area contributed by atoms with Gasteiger partial charge in [-0.2, -0.15) is 0 Å². The van der Waals surface area contributed by atoms with Gasteiger partial charge in [-0.25, -0.2) is 0 Å². The Hall–Kier alpha value is -1.10. The summed E-state index contributed by atoms with van der Waals surface area (Å²) in [4.78, 5) is 22.3. The van der Waals surface area contributed by atoms with E-state index in [4.69, 9.17) is 10.8 Å². The van der Waals surface area contributed by atoms with E-state index < -0.39 is 11.4 Å². The van der Waals surface area contributed by atoms with E-state index in [2.05, 4.69) is 5.32 Å². The summed E-state index contributed by atoms with van der Waals surface area (Å²) >= 11 is 0. The van der Waals surface area contributed by atoms with Crippen molar-refractivity contribution in [3.63, 3.8) is 0 Å². The number of nitrogens with two attached hydrogens (primary N) is 1. The molecule has 0 aromatic heterocycles. The highest BCUT2D eigenvalue weighted by molar-refractivity contribution is 5.77. The van der Waals surface area contributed by atoms with Gasteiger partial charge < -0.3 is 16.2 Å². The molecule has 0 aromatic rings. The predicted octanol–water partition coefficient (Wildman–Crippen LogP) is 0.731. The highest BCUT2D eigenvalue weighted by Gasteiger charge is 2.30. The second kappa shape index (κ2) is 5.49. The number of aliphatic carboxylic acids is 1. The first-order valence-corrected chi connectivity index (χ1v) is 6.08. The summed E-state index contributed by atoms with van der Waals surface area (Å²) in [5, 5.41) is 11.6. The van der Waals surface area contributed by atoms with Crippen LogP contribution in [0.5, 0.6) is 0 Å². The molecule has 1 unspecified atom stereocenters. The van der Waals surface area contributed by atoms with Gasteiger partial charge in [-0.3, -0.25) is 9.59 Å². The first-order valence-electron chi connectivity index (χ1n) is 6.08. The topological polar surface area (TPSA) is 92.4 Å². The Morgan fingerprint density at radius 1 is 1.47 bits per heavy atom. The number of hydrogen-bond acceptors (Lipinski definition) is 3. The number of carbonyl (C=O) groups excluding carboxylic acids is 1. The lowest BCUT2D eigenvalue weighted by atomic mass is 9.90. The van der Waals surface area contributed by atoms with Gasteiger partial charge in [0.2, 0.25) is 5.91 Å². The lowest BCUT2D eigenvalue weighted by Gasteiger charge is -2.19. The third-order valence-electron chi connectivity index (χ3n) is 3.30. The van der Waals surface area contributed by atoms with Gasteiger partial charge in [0.15, 0.2) is 0 Å². The van der Waals surface area contributed by atoms with Gasteiger partial charge in [0, 0.05) is 19.0 Å². The highest BCUT2D eigenvalue weighted by Crippen LogP contribution is 2.32. The molecule has 0 spiro atoms. The summed E-state index contributed by atoms with van der Waals surface area (Å²) in [5.74, 6) is -0.414. The normalized spacial score (nSPS) is 17.6. The Morgan fingerprint density at radius 2 is 2.06 bits per heavy atom. The van der Waals surface area contributed by atoms with Crippen LogP contribution >= 0.6 is 0 Å². The molecule has 0 aliphatic heterocycles. The average Bonchev–Trinajstić information content (AvgIpc) is 2.99. The average molecular weight is 242 g/mol. The fourth-order valence-corrected chi connectivity index (χ4v) is 1.60. The highest BCUT2D eigenvalue weighted by atomic mass is 16.4. The molecule has 1 saturated carbocycles. The van der Waals surface area contributed by atoms with Crippen molar-refractivity contribution in [1.82, 2.24) is 5.32 Å². The molecular weight excluding hydrogens is 220 g/mol. The van der Waals surface area contributed by atoms with Crippen molar-refractivity contribution >= 4 is 11.9 Å². The smallest absolute Gasteiger partial charge is 0.309 e. The molecule has 5 nitrogen and oxygen atoms in total. The summed E-state index contributed by atoms with van der Waals surface area (Å²) in [6, 6.07) is -0.0394. The minimum absolute atomic E-state index is 0.0394. The zero-order valence-electron chi connectivity index (χ0n) is 10.5. The van der Waals surface area contributed by atoms with Crippen LogP contribution in [0.4, 0.5) is 0 Å². The predicted molar refractivity (Wildman–Crippen MR) is 64.4 cm³/mol. The van der Waals surface area contributed by atoms with Gasteiger partial charge in [0.05, 0.1) is 5.41 Å². The Balaban J connectivity index is 2.17. The molecule has 0 aromatic carbocycles. The van der Waals surface area contributed by atoms with Gasteiger partial charge in [-0.15, -0.1) is 0 Å². The van der Waals surface area contributed by atoms with E-state index in [9.17, 15) is 9.59 Å². The maximum Gasteiger partial charge on any atom is 0.309 e. The fourth-order valence-electron chi connectivity index (χ4n) is 1.60. The molecule has 0 saturated heterocycles. The SMILES string of the molecule is CC(C)(CCNC(=O)CC(N)C1CC1)C(=O)O. The molecule has 1 rings (SSSR count). The first kappa shape index (κ1) is 14.0. The van der Waals surface area contributed by atoms with Crippen LogP contribution in [0.3, 0.4) is 0 Å². The van der Waals surface area contributed by atoms with Crippen molar-refractivity contribution in [3.8, 4) is 0 Å². The van der Waals surface area contributed by atoms with Gasteiger partial charge in [0.25, 0.3) is 0 Å². The maximum absolute atomic E-state index is 11.5. The molecule has 1 aliphatic carbocycles. The summed E-state index contributed by atoms with van der Waals surface area (Å²) < 4.78 is 0. The number of carboxylic acids is 1. The zero-order chi connectivity index (χ0) is 13.1. The number of amides is 1. The van der Waals surface area contributed by atoms with Crippen molar-refractivity contribution in [2.75, 3.05) is 6.54 Å². The van der Waals surface area contributed by atoms with Gasteiger partial charge in [-0.05, 0) is 39.0 Å². The molecule has 1 aliphatic rings. The standard InChI is InChI=1S/C12H22N2O3/c1-12(2,11(16)17)5-6-14-10(15)7-9(13)8-3-4-8/h8-9H,3-7,13H2,1-2H3,(H,14,15)(H,16,17). The third kappa shape index (κ3) is 4.73. The van der Waals surface area contributed by atoms with E-state index in [1.807, 2.05) is 0 Å². The molecule has 1 amide bonds. The van der Waals surface area contributed by atoms with Crippen molar-refractivity contribution in [2.24, 2.45) is 17.1 Å². The number of carbonyl (C=O) groups is 2. The van der Waals surface area contributed by atoms with Crippen LogP contribution in [0.1, 0.15) is 39.5 Å². The number of nitrogens with one attached hydrogen (secondary N) is 1. The molecule has 1 atom stereocenters. The molecule has 5 heteroatoms. The quantitative estimate of drug-likeness (QED) is 0.613. The van der Waals surface area contributed by atoms with E-state index in [-0.39, 0.29) is 11.9 Å². The van der Waals surface area contributed by atoms with Crippen molar-refractivity contribution in [1.29, 1.82) is 0 Å². The van der Waals surface area contributed by atoms with E-state index >= 15 is 0 Å². The van der Waals surface area contributed by atoms with Crippen molar-refractivity contribution in [2.45, 2.75) is 45.6 Å². The molecule has 98 valence electrons. The van der Waals surface area contributed by atoms with E-state index in [1.54, 1.807) is 13.8 Å². The molecule has 0 radical (unpaired) electrons. The Bertz CT molecular complexity index is 298. The van der Waals surface area contributed by atoms with Crippen molar-refractivity contribution < 1.29 is 14.7 Å². The minimum Gasteiger partial charge on any atom is -0.481 e. The van der Waals surface area contributed by atoms with Gasteiger partial charge in [0.1, 0.15) is 0 Å². The number of carboxylic acid groups (broad SMARTS) is 1. The number of rotatable bonds is 7. The van der Waals surface area contributed by atoms with E-state index in [0.29, 0.717) is 25.3 Å². The molecule has 4 N–H and O–H groups in total. The zero-order valence-corrected chi connectivity index (χ0v) is 10.5. The van der Waals surface area contributed by atoms with Gasteiger partial charge in [-0.1, -0.05) is 0 Å². The summed E-state index contributed by atoms with van der Waals surface area (Å²) in [7, 11) is 0. The molecule has 1 fully saturated rings. The third-order valence-corrected chi connectivity index (χ3v) is 3.30. The second-order valence-electron chi connectivity index (χ2n) is 5.49. The van der Waals surface area contributed by atoms with Crippen LogP contribution in [0.25, 0.3) is 0 Å². The minimum atomic E-state index is -0.846. The molecule has 17 heavy (non-hydrogen) atoms. The van der Waals surface area contributed by atoms with Gasteiger partial charge >= 0.3 is 5.97 Å². The maximum atomic E-state index is 11.5. The first-order chi connectivity index (χ1) is 7.83. The summed E-state index contributed by atoms with van der Waals surface area (Å²) in [6.07, 6.45) is 3.02. The second-order valence-corrected chi connectivity index (χ2v) is 5.49. The van der Waals surface area contributed by atoms with Crippen LogP contribution in [0.15, 0.2) is 0 Å². The molecule has 0 heterocycles. The molecule has 0 bridgehead atoms. The Labute approximate surface area is 102 Å². The molecular formula is C12H22N2O3. The van der Waals surface area contributed by atoms with E-state index in [0.717, 1.165) is 12.8 Å². The summed E-state index contributed by atoms with van der Waals surface area (Å²) in [6.45, 7) is 3.68.